The summed E-state index contributed by atoms with van der Waals surface area (Å²) in [7, 11) is 0. The number of likely N-dealkylation sites (tertiary alicyclic amines) is 1. The summed E-state index contributed by atoms with van der Waals surface area (Å²) in [5, 5.41) is 2.62. The van der Waals surface area contributed by atoms with E-state index in [0.717, 1.165) is 38.1 Å². The van der Waals surface area contributed by atoms with Gasteiger partial charge in [0.2, 0.25) is 0 Å². The highest BCUT2D eigenvalue weighted by Gasteiger charge is 2.21. The average molecular weight is 361 g/mol. The Morgan fingerprint density at radius 1 is 1.29 bits per heavy atom. The Hall–Kier alpha value is -1.01. The molecule has 0 radical (unpaired) electrons. The fraction of sp³-hybridized carbons (Fsp3) is 0.533. The minimum atomic E-state index is -0.856. The number of hydrogen-bond donors (Lipinski definition) is 1. The number of carbonyl (C=O) groups excluding carboxylic acids is 1. The Kier molecular flexibility index (Phi) is 5.70. The highest BCUT2D eigenvalue weighted by molar-refractivity contribution is 9.10. The quantitative estimate of drug-likeness (QED) is 0.892. The topological polar surface area (TPSA) is 32.3 Å². The molecule has 1 heterocycles. The Labute approximate surface area is 131 Å². The lowest BCUT2D eigenvalue weighted by atomic mass is 10.1. The lowest BCUT2D eigenvalue weighted by Crippen LogP contribution is -2.44. The molecule has 0 aromatic heterocycles. The smallest absolute Gasteiger partial charge is 0.257 e. The Bertz CT molecular complexity index is 495. The molecular formula is C15H19BrF2N2O. The largest absolute Gasteiger partial charge is 0.350 e. The first kappa shape index (κ1) is 16.4. The fourth-order valence-electron chi connectivity index (χ4n) is 2.58. The number of rotatable bonds is 4. The molecule has 0 bridgehead atoms. The van der Waals surface area contributed by atoms with Crippen molar-refractivity contribution in [2.24, 2.45) is 0 Å². The molecule has 1 fully saturated rings. The first-order valence-corrected chi connectivity index (χ1v) is 7.95. The van der Waals surface area contributed by atoms with E-state index < -0.39 is 23.1 Å². The van der Waals surface area contributed by atoms with Gasteiger partial charge in [0.25, 0.3) is 5.91 Å². The number of nitrogens with one attached hydrogen (secondary N) is 1. The Balaban J connectivity index is 1.95. The lowest BCUT2D eigenvalue weighted by Gasteiger charge is -2.32. The number of carbonyl (C=O) groups is 1. The van der Waals surface area contributed by atoms with Gasteiger partial charge in [0, 0.05) is 17.1 Å². The molecular weight excluding hydrogens is 342 g/mol. The summed E-state index contributed by atoms with van der Waals surface area (Å²) in [4.78, 5) is 14.2. The van der Waals surface area contributed by atoms with Crippen LogP contribution >= 0.6 is 15.9 Å². The molecule has 21 heavy (non-hydrogen) atoms. The summed E-state index contributed by atoms with van der Waals surface area (Å²) in [6.07, 6.45) is 3.56. The van der Waals surface area contributed by atoms with E-state index in [-0.39, 0.29) is 10.5 Å². The first-order chi connectivity index (χ1) is 9.99. The van der Waals surface area contributed by atoms with Crippen molar-refractivity contribution in [1.29, 1.82) is 0 Å². The summed E-state index contributed by atoms with van der Waals surface area (Å²) in [6.45, 7) is 4.42. The average Bonchev–Trinajstić information content (AvgIpc) is 2.44. The monoisotopic (exact) mass is 360 g/mol. The molecule has 6 heteroatoms. The maximum atomic E-state index is 13.7. The third-order valence-electron chi connectivity index (χ3n) is 3.81. The molecule has 3 nitrogen and oxygen atoms in total. The van der Waals surface area contributed by atoms with Gasteiger partial charge in [-0.15, -0.1) is 0 Å². The van der Waals surface area contributed by atoms with Gasteiger partial charge in [-0.1, -0.05) is 22.4 Å². The van der Waals surface area contributed by atoms with Crippen LogP contribution in [0.2, 0.25) is 0 Å². The number of nitrogens with zero attached hydrogens (tertiary/aromatic N) is 1. The molecule has 1 aromatic rings. The van der Waals surface area contributed by atoms with Gasteiger partial charge in [-0.25, -0.2) is 8.78 Å². The van der Waals surface area contributed by atoms with Gasteiger partial charge in [0.1, 0.15) is 17.2 Å². The maximum absolute atomic E-state index is 13.7. The van der Waals surface area contributed by atoms with Crippen LogP contribution in [-0.2, 0) is 0 Å². The number of piperidine rings is 1. The highest BCUT2D eigenvalue weighted by Crippen LogP contribution is 2.19. The zero-order valence-corrected chi connectivity index (χ0v) is 13.6. The van der Waals surface area contributed by atoms with Crippen LogP contribution in [0.5, 0.6) is 0 Å². The highest BCUT2D eigenvalue weighted by atomic mass is 79.9. The van der Waals surface area contributed by atoms with Crippen molar-refractivity contribution in [3.63, 3.8) is 0 Å². The second-order valence-electron chi connectivity index (χ2n) is 5.40. The number of benzene rings is 1. The normalized spacial score (nSPS) is 17.5. The number of amides is 1. The van der Waals surface area contributed by atoms with Gasteiger partial charge in [0.05, 0.1) is 0 Å². The zero-order valence-electron chi connectivity index (χ0n) is 12.0. The molecule has 0 spiro atoms. The predicted octanol–water partition coefficient (Wildman–Crippen LogP) is 3.33. The van der Waals surface area contributed by atoms with Crippen LogP contribution < -0.4 is 5.32 Å². The maximum Gasteiger partial charge on any atom is 0.257 e. The minimum Gasteiger partial charge on any atom is -0.350 e. The fourth-order valence-corrected chi connectivity index (χ4v) is 2.98. The van der Waals surface area contributed by atoms with E-state index in [1.54, 1.807) is 0 Å². The van der Waals surface area contributed by atoms with Gasteiger partial charge in [-0.05, 0) is 45.0 Å². The summed E-state index contributed by atoms with van der Waals surface area (Å²) in [5.74, 6) is -2.42. The van der Waals surface area contributed by atoms with Crippen molar-refractivity contribution in [2.45, 2.75) is 32.2 Å². The second kappa shape index (κ2) is 7.31. The van der Waals surface area contributed by atoms with Gasteiger partial charge in [0.15, 0.2) is 0 Å². The van der Waals surface area contributed by atoms with Crippen molar-refractivity contribution in [3.8, 4) is 0 Å². The molecule has 1 unspecified atom stereocenters. The van der Waals surface area contributed by atoms with Gasteiger partial charge in [-0.2, -0.15) is 0 Å². The number of hydrogen-bond acceptors (Lipinski definition) is 2. The van der Waals surface area contributed by atoms with E-state index in [1.807, 2.05) is 6.92 Å². The molecule has 2 rings (SSSR count). The van der Waals surface area contributed by atoms with E-state index >= 15 is 0 Å². The predicted molar refractivity (Wildman–Crippen MR) is 81.3 cm³/mol. The van der Waals surface area contributed by atoms with Gasteiger partial charge >= 0.3 is 0 Å². The molecule has 116 valence electrons. The molecule has 1 amide bonds. The molecule has 1 aliphatic heterocycles. The minimum absolute atomic E-state index is 0.163. The standard InChI is InChI=1S/C15H19BrF2N2O/c1-10(20-5-3-2-4-6-20)9-19-15(21)14-12(17)7-11(16)8-13(14)18/h7-8,10H,2-6,9H2,1H3,(H,19,21). The third-order valence-corrected chi connectivity index (χ3v) is 4.26. The number of halogens is 3. The molecule has 0 aliphatic carbocycles. The van der Waals surface area contributed by atoms with E-state index in [4.69, 9.17) is 0 Å². The van der Waals surface area contributed by atoms with Crippen molar-refractivity contribution < 1.29 is 13.6 Å². The van der Waals surface area contributed by atoms with E-state index in [2.05, 4.69) is 26.1 Å². The van der Waals surface area contributed by atoms with Crippen LogP contribution in [0.25, 0.3) is 0 Å². The van der Waals surface area contributed by atoms with Crippen LogP contribution in [0.1, 0.15) is 36.5 Å². The zero-order chi connectivity index (χ0) is 15.4. The van der Waals surface area contributed by atoms with E-state index in [1.165, 1.54) is 6.42 Å². The van der Waals surface area contributed by atoms with Gasteiger partial charge < -0.3 is 5.32 Å². The van der Waals surface area contributed by atoms with Gasteiger partial charge in [-0.3, -0.25) is 9.69 Å². The Morgan fingerprint density at radius 3 is 2.43 bits per heavy atom. The Morgan fingerprint density at radius 2 is 1.86 bits per heavy atom. The van der Waals surface area contributed by atoms with E-state index in [0.29, 0.717) is 6.54 Å². The lowest BCUT2D eigenvalue weighted by molar-refractivity contribution is 0.0921. The SMILES string of the molecule is CC(CNC(=O)c1c(F)cc(Br)cc1F)N1CCCCC1. The summed E-state index contributed by atoms with van der Waals surface area (Å²) >= 11 is 2.99. The van der Waals surface area contributed by atoms with Crippen molar-refractivity contribution >= 4 is 21.8 Å². The van der Waals surface area contributed by atoms with E-state index in [9.17, 15) is 13.6 Å². The first-order valence-electron chi connectivity index (χ1n) is 7.16. The van der Waals surface area contributed by atoms with Crippen molar-refractivity contribution in [1.82, 2.24) is 10.2 Å². The third kappa shape index (κ3) is 4.23. The molecule has 0 saturated carbocycles. The van der Waals surface area contributed by atoms with Crippen molar-refractivity contribution in [2.75, 3.05) is 19.6 Å². The second-order valence-corrected chi connectivity index (χ2v) is 6.32. The molecule has 1 aromatic carbocycles. The summed E-state index contributed by atoms with van der Waals surface area (Å²) in [6, 6.07) is 2.34. The van der Waals surface area contributed by atoms with Crippen molar-refractivity contribution in [3.05, 3.63) is 33.8 Å². The van der Waals surface area contributed by atoms with Crippen LogP contribution in [0, 0.1) is 11.6 Å². The molecule has 1 atom stereocenters. The van der Waals surface area contributed by atoms with Crippen LogP contribution in [0.3, 0.4) is 0 Å². The molecule has 1 saturated heterocycles. The van der Waals surface area contributed by atoms with Crippen LogP contribution in [0.4, 0.5) is 8.78 Å². The molecule has 1 aliphatic rings. The molecule has 1 N–H and O–H groups in total. The summed E-state index contributed by atoms with van der Waals surface area (Å²) < 4.78 is 27.7. The van der Waals surface area contributed by atoms with Crippen LogP contribution in [-0.4, -0.2) is 36.5 Å². The van der Waals surface area contributed by atoms with Crippen LogP contribution in [0.15, 0.2) is 16.6 Å². The summed E-state index contributed by atoms with van der Waals surface area (Å²) in [5.41, 5.74) is -0.524.